The average molecular weight is 654 g/mol. The number of nitrogens with zero attached hydrogens (tertiary/aromatic N) is 1. The molecule has 0 aliphatic heterocycles. The standard InChI is InChI=1S/C35H41N3O4S2.Na/c1-5-38(22-23-42-4)29-15-11-14-28(18-19-29)37-25-30(39)24-32(26-12-9-7-6-8-10-13-26)43-33(36)27-16-20-31(21-17-27)44-35(2,3)34(40)41;/h6-8,11-13,15-21,24,36-37H,5,9,14,22-23,25H2,1-4H3,(H,40,41);/q;+1/p-1/b7-6-,26-12+,32-24+,36-33?;. The Hall–Kier alpha value is -2.75. The van der Waals surface area contributed by atoms with Crippen molar-refractivity contribution in [3.63, 3.8) is 0 Å². The van der Waals surface area contributed by atoms with Crippen molar-refractivity contribution >= 4 is 40.3 Å². The van der Waals surface area contributed by atoms with Crippen molar-refractivity contribution < 1.29 is 49.0 Å². The van der Waals surface area contributed by atoms with Crippen LogP contribution in [0.1, 0.15) is 39.2 Å². The summed E-state index contributed by atoms with van der Waals surface area (Å²) in [6.45, 7) is 7.75. The molecule has 232 valence electrons. The third-order valence-corrected chi connectivity index (χ3v) is 8.89. The van der Waals surface area contributed by atoms with Crippen molar-refractivity contribution in [2.45, 2.75) is 43.3 Å². The molecule has 0 spiro atoms. The Balaban J connectivity index is 0.00000705. The van der Waals surface area contributed by atoms with Crippen molar-refractivity contribution in [3.05, 3.63) is 118 Å². The van der Waals surface area contributed by atoms with Crippen LogP contribution in [-0.2, 0) is 14.3 Å². The van der Waals surface area contributed by atoms with Gasteiger partial charge in [-0.05, 0) is 81.4 Å². The van der Waals surface area contributed by atoms with Crippen molar-refractivity contribution in [1.29, 1.82) is 5.41 Å². The van der Waals surface area contributed by atoms with Crippen LogP contribution in [0.15, 0.2) is 118 Å². The van der Waals surface area contributed by atoms with Crippen LogP contribution >= 0.6 is 23.5 Å². The van der Waals surface area contributed by atoms with Crippen LogP contribution in [0, 0.1) is 5.41 Å². The van der Waals surface area contributed by atoms with E-state index in [9.17, 15) is 14.7 Å². The fourth-order valence-corrected chi connectivity index (χ4v) is 6.01. The fraction of sp³-hybridized carbons (Fsp3) is 0.314. The Morgan fingerprint density at radius 2 is 1.96 bits per heavy atom. The number of carboxylic acid groups (broad SMARTS) is 1. The summed E-state index contributed by atoms with van der Waals surface area (Å²) in [5, 5.41) is 23.8. The number of carbonyl (C=O) groups excluding carboxylic acids is 2. The Kier molecular flexibility index (Phi) is 16.8. The van der Waals surface area contributed by atoms with Gasteiger partial charge in [0.25, 0.3) is 0 Å². The van der Waals surface area contributed by atoms with E-state index in [1.165, 1.54) is 23.5 Å². The van der Waals surface area contributed by atoms with Gasteiger partial charge < -0.3 is 24.9 Å². The smallest absolute Gasteiger partial charge is 0.549 e. The van der Waals surface area contributed by atoms with Gasteiger partial charge in [0.1, 0.15) is 0 Å². The molecule has 7 nitrogen and oxygen atoms in total. The first kappa shape index (κ1) is 38.4. The van der Waals surface area contributed by atoms with E-state index >= 15 is 0 Å². The molecular weight excluding hydrogens is 614 g/mol. The molecular formula is C35H40N3NaO4S2. The van der Waals surface area contributed by atoms with Crippen LogP contribution in [0.25, 0.3) is 0 Å². The van der Waals surface area contributed by atoms with Gasteiger partial charge in [0.05, 0.1) is 28.9 Å². The van der Waals surface area contributed by atoms with Gasteiger partial charge in [-0.15, -0.1) is 17.5 Å². The number of thioether (sulfide) groups is 2. The number of rotatable bonds is 15. The minimum absolute atomic E-state index is 0. The summed E-state index contributed by atoms with van der Waals surface area (Å²) in [6, 6.07) is 7.18. The molecule has 2 aliphatic carbocycles. The normalized spacial score (nSPS) is 16.5. The molecule has 1 aromatic rings. The Morgan fingerprint density at radius 3 is 2.64 bits per heavy atom. The summed E-state index contributed by atoms with van der Waals surface area (Å²) in [7, 11) is 1.70. The first-order valence-electron chi connectivity index (χ1n) is 14.5. The first-order valence-corrected chi connectivity index (χ1v) is 16.1. The molecule has 0 radical (unpaired) electrons. The molecule has 0 bridgehead atoms. The molecule has 0 heterocycles. The number of allylic oxidation sites excluding steroid dienone is 9. The predicted octanol–water partition coefficient (Wildman–Crippen LogP) is 2.71. The number of benzene rings is 1. The summed E-state index contributed by atoms with van der Waals surface area (Å²) < 4.78 is 4.16. The number of likely N-dealkylation sites (N-methyl/N-ethyl adjacent to an activating group) is 1. The molecule has 2 N–H and O–H groups in total. The van der Waals surface area contributed by atoms with Crippen LogP contribution in [-0.4, -0.2) is 59.8 Å². The van der Waals surface area contributed by atoms with Crippen molar-refractivity contribution in [1.82, 2.24) is 10.2 Å². The number of carbonyl (C=O) groups is 2. The van der Waals surface area contributed by atoms with E-state index < -0.39 is 10.7 Å². The molecule has 0 saturated heterocycles. The van der Waals surface area contributed by atoms with E-state index in [0.717, 1.165) is 35.0 Å². The van der Waals surface area contributed by atoms with Gasteiger partial charge in [-0.1, -0.05) is 48.2 Å². The Morgan fingerprint density at radius 1 is 1.20 bits per heavy atom. The molecule has 0 aromatic heterocycles. The molecule has 10 heteroatoms. The van der Waals surface area contributed by atoms with Gasteiger partial charge in [-0.25, -0.2) is 0 Å². The molecule has 0 fully saturated rings. The molecule has 1 aromatic carbocycles. The maximum absolute atomic E-state index is 13.2. The van der Waals surface area contributed by atoms with Crippen LogP contribution in [0.4, 0.5) is 0 Å². The van der Waals surface area contributed by atoms with Crippen LogP contribution in [0.2, 0.25) is 0 Å². The maximum atomic E-state index is 13.2. The maximum Gasteiger partial charge on any atom is 1.00 e. The van der Waals surface area contributed by atoms with Gasteiger partial charge in [0.15, 0.2) is 5.78 Å². The second kappa shape index (κ2) is 19.7. The zero-order chi connectivity index (χ0) is 32.0. The number of ketones is 1. The van der Waals surface area contributed by atoms with Gasteiger partial charge in [-0.2, -0.15) is 0 Å². The number of hydrogen-bond donors (Lipinski definition) is 2. The zero-order valence-electron chi connectivity index (χ0n) is 26.7. The molecule has 45 heavy (non-hydrogen) atoms. The number of carboxylic acids is 1. The van der Waals surface area contributed by atoms with E-state index in [0.29, 0.717) is 29.9 Å². The van der Waals surface area contributed by atoms with Crippen LogP contribution in [0.5, 0.6) is 0 Å². The first-order chi connectivity index (χ1) is 21.1. The Bertz CT molecular complexity index is 1460. The van der Waals surface area contributed by atoms with Gasteiger partial charge in [-0.3, -0.25) is 10.2 Å². The molecule has 3 rings (SSSR count). The molecule has 0 saturated carbocycles. The van der Waals surface area contributed by atoms with Gasteiger partial charge >= 0.3 is 29.6 Å². The summed E-state index contributed by atoms with van der Waals surface area (Å²) in [6.07, 6.45) is 20.8. The summed E-state index contributed by atoms with van der Waals surface area (Å²) in [5.41, 5.74) is 6.64. The number of nitrogens with one attached hydrogen (secondary N) is 2. The summed E-state index contributed by atoms with van der Waals surface area (Å²) in [4.78, 5) is 28.3. The largest absolute Gasteiger partial charge is 1.00 e. The molecule has 0 atom stereocenters. The summed E-state index contributed by atoms with van der Waals surface area (Å²) in [5.74, 6) is -1.25. The van der Waals surface area contributed by atoms with Crippen molar-refractivity contribution in [3.8, 4) is 0 Å². The third kappa shape index (κ3) is 12.9. The zero-order valence-corrected chi connectivity index (χ0v) is 30.4. The SMILES string of the molecule is CCN(CCOC)C1=CC=C(NCC(=O)/C=C(SC(=N)c2ccc(SC(C)(C)C(=O)[O-])cc2)\C2=C\C/C=C\C=C=C2)CC=C1.[Na+]. The molecule has 2 aliphatic rings. The number of methoxy groups -OCH3 is 1. The van der Waals surface area contributed by atoms with Crippen LogP contribution in [0.3, 0.4) is 0 Å². The van der Waals surface area contributed by atoms with Crippen molar-refractivity contribution in [2.24, 2.45) is 0 Å². The quantitative estimate of drug-likeness (QED) is 0.0744. The number of hydrogen-bond acceptors (Lipinski definition) is 9. The van der Waals surface area contributed by atoms with Gasteiger partial charge in [0.2, 0.25) is 0 Å². The monoisotopic (exact) mass is 653 g/mol. The third-order valence-electron chi connectivity index (χ3n) is 6.69. The fourth-order valence-electron chi connectivity index (χ4n) is 4.14. The Labute approximate surface area is 297 Å². The van der Waals surface area contributed by atoms with E-state index in [4.69, 9.17) is 10.1 Å². The van der Waals surface area contributed by atoms with E-state index in [-0.39, 0.29) is 46.9 Å². The molecule has 0 amide bonds. The van der Waals surface area contributed by atoms with E-state index in [2.05, 4.69) is 41.1 Å². The van der Waals surface area contributed by atoms with Gasteiger partial charge in [0, 0.05) is 53.4 Å². The van der Waals surface area contributed by atoms with Crippen molar-refractivity contribution in [2.75, 3.05) is 33.4 Å². The minimum Gasteiger partial charge on any atom is -0.549 e. The number of ether oxygens (including phenoxy) is 1. The second-order valence-electron chi connectivity index (χ2n) is 10.4. The predicted molar refractivity (Wildman–Crippen MR) is 180 cm³/mol. The molecule has 0 unspecified atom stereocenters. The minimum atomic E-state index is -1.14. The average Bonchev–Trinajstić information content (AvgIpc) is 3.22. The van der Waals surface area contributed by atoms with E-state index in [1.807, 2.05) is 36.5 Å². The number of aliphatic carboxylic acids is 1. The topological polar surface area (TPSA) is 106 Å². The second-order valence-corrected chi connectivity index (χ2v) is 13.2. The van der Waals surface area contributed by atoms with Crippen LogP contribution < -0.4 is 40.0 Å². The summed E-state index contributed by atoms with van der Waals surface area (Å²) >= 11 is 2.40. The van der Waals surface area contributed by atoms with E-state index in [1.54, 1.807) is 51.3 Å².